The maximum Gasteiger partial charge on any atom is 0.243 e. The molecular weight excluding hydrogens is 446 g/mol. The highest BCUT2D eigenvalue weighted by Crippen LogP contribution is 2.27. The third-order valence-corrected chi connectivity index (χ3v) is 7.96. The molecule has 1 fully saturated rings. The minimum Gasteiger partial charge on any atom is -0.379 e. The predicted octanol–water partition coefficient (Wildman–Crippen LogP) is 2.88. The first kappa shape index (κ1) is 22.7. The number of aryl methyl sites for hydroxylation is 1. The van der Waals surface area contributed by atoms with Crippen LogP contribution in [0.15, 0.2) is 71.5 Å². The lowest BCUT2D eigenvalue weighted by Gasteiger charge is -2.26. The maximum absolute atomic E-state index is 13.1. The van der Waals surface area contributed by atoms with Gasteiger partial charge in [-0.3, -0.25) is 9.55 Å². The molecule has 3 aromatic rings. The summed E-state index contributed by atoms with van der Waals surface area (Å²) in [5.74, 6) is 1.46. The van der Waals surface area contributed by atoms with Crippen molar-refractivity contribution in [1.82, 2.24) is 24.1 Å². The molecule has 0 saturated carbocycles. The average molecular weight is 472 g/mol. The van der Waals surface area contributed by atoms with Crippen molar-refractivity contribution in [3.8, 4) is 11.4 Å². The molecule has 0 radical (unpaired) electrons. The van der Waals surface area contributed by atoms with E-state index in [1.165, 1.54) is 9.87 Å². The van der Waals surface area contributed by atoms with Crippen LogP contribution in [0.3, 0.4) is 0 Å². The lowest BCUT2D eigenvalue weighted by Crippen LogP contribution is -2.40. The van der Waals surface area contributed by atoms with Crippen LogP contribution >= 0.6 is 11.8 Å². The highest BCUT2D eigenvalue weighted by Gasteiger charge is 2.27. The van der Waals surface area contributed by atoms with E-state index in [-0.39, 0.29) is 4.90 Å². The molecule has 0 aliphatic carbocycles. The van der Waals surface area contributed by atoms with Crippen LogP contribution in [-0.4, -0.2) is 64.5 Å². The summed E-state index contributed by atoms with van der Waals surface area (Å²) < 4.78 is 34.8. The third-order valence-electron chi connectivity index (χ3n) is 5.10. The molecule has 1 aromatic carbocycles. The van der Waals surface area contributed by atoms with Crippen LogP contribution in [-0.2, 0) is 27.7 Å². The molecule has 0 atom stereocenters. The first-order valence-corrected chi connectivity index (χ1v) is 12.8. The molecule has 8 nitrogen and oxygen atoms in total. The molecule has 0 unspecified atom stereocenters. The molecule has 0 bridgehead atoms. The Hall–Kier alpha value is -2.53. The number of rotatable bonds is 9. The van der Waals surface area contributed by atoms with Gasteiger partial charge in [-0.1, -0.05) is 30.0 Å². The van der Waals surface area contributed by atoms with Gasteiger partial charge in [-0.2, -0.15) is 4.31 Å². The number of morpholine rings is 1. The van der Waals surface area contributed by atoms with E-state index in [1.807, 2.05) is 22.8 Å². The summed E-state index contributed by atoms with van der Waals surface area (Å²) >= 11 is 1.61. The van der Waals surface area contributed by atoms with Crippen LogP contribution in [0.2, 0.25) is 0 Å². The van der Waals surface area contributed by atoms with E-state index >= 15 is 0 Å². The van der Waals surface area contributed by atoms with Gasteiger partial charge in [0.05, 0.1) is 18.1 Å². The van der Waals surface area contributed by atoms with Crippen LogP contribution < -0.4 is 0 Å². The summed E-state index contributed by atoms with van der Waals surface area (Å²) in [4.78, 5) is 4.29. The summed E-state index contributed by atoms with van der Waals surface area (Å²) in [5, 5.41) is 9.51. The van der Waals surface area contributed by atoms with Gasteiger partial charge in [0, 0.05) is 43.3 Å². The second-order valence-corrected chi connectivity index (χ2v) is 10.2. The molecule has 0 amide bonds. The molecule has 0 spiro atoms. The largest absolute Gasteiger partial charge is 0.379 e. The lowest BCUT2D eigenvalue weighted by molar-refractivity contribution is 0.0730. The summed E-state index contributed by atoms with van der Waals surface area (Å²) in [6, 6.07) is 10.9. The molecule has 1 aliphatic rings. The van der Waals surface area contributed by atoms with Gasteiger partial charge in [0.2, 0.25) is 10.0 Å². The Bertz CT molecular complexity index is 1160. The van der Waals surface area contributed by atoms with Gasteiger partial charge in [0.25, 0.3) is 0 Å². The van der Waals surface area contributed by atoms with Gasteiger partial charge >= 0.3 is 0 Å². The number of hydrogen-bond donors (Lipinski definition) is 0. The number of sulfonamides is 1. The number of hydrogen-bond acceptors (Lipinski definition) is 7. The van der Waals surface area contributed by atoms with Crippen molar-refractivity contribution in [1.29, 1.82) is 0 Å². The van der Waals surface area contributed by atoms with Crippen LogP contribution in [0.4, 0.5) is 0 Å². The molecule has 0 N–H and O–H groups in total. The number of nitrogens with zero attached hydrogens (tertiary/aromatic N) is 5. The predicted molar refractivity (Wildman–Crippen MR) is 124 cm³/mol. The smallest absolute Gasteiger partial charge is 0.243 e. The number of allylic oxidation sites excluding steroid dienone is 1. The molecule has 1 saturated heterocycles. The summed E-state index contributed by atoms with van der Waals surface area (Å²) in [6.45, 7) is 5.91. The number of aromatic nitrogens is 4. The van der Waals surface area contributed by atoms with Crippen molar-refractivity contribution >= 4 is 21.8 Å². The van der Waals surface area contributed by atoms with Crippen LogP contribution in [0.25, 0.3) is 11.4 Å². The van der Waals surface area contributed by atoms with Crippen molar-refractivity contribution in [3.05, 3.63) is 67.0 Å². The van der Waals surface area contributed by atoms with E-state index in [9.17, 15) is 8.42 Å². The highest BCUT2D eigenvalue weighted by atomic mass is 32.2. The van der Waals surface area contributed by atoms with E-state index in [0.29, 0.717) is 44.2 Å². The molecule has 2 aromatic heterocycles. The van der Waals surface area contributed by atoms with Gasteiger partial charge in [-0.05, 0) is 36.2 Å². The monoisotopic (exact) mass is 471 g/mol. The van der Waals surface area contributed by atoms with E-state index in [1.54, 1.807) is 48.4 Å². The first-order chi connectivity index (χ1) is 15.6. The van der Waals surface area contributed by atoms with Crippen LogP contribution in [0.5, 0.6) is 0 Å². The number of pyridine rings is 1. The zero-order valence-corrected chi connectivity index (χ0v) is 19.3. The van der Waals surface area contributed by atoms with Gasteiger partial charge in [0.15, 0.2) is 11.0 Å². The van der Waals surface area contributed by atoms with E-state index in [4.69, 9.17) is 4.74 Å². The van der Waals surface area contributed by atoms with Gasteiger partial charge in [0.1, 0.15) is 0 Å². The zero-order chi connectivity index (χ0) is 22.4. The van der Waals surface area contributed by atoms with Gasteiger partial charge < -0.3 is 4.74 Å². The highest BCUT2D eigenvalue weighted by molar-refractivity contribution is 7.99. The Morgan fingerprint density at radius 1 is 1.12 bits per heavy atom. The lowest BCUT2D eigenvalue weighted by atomic mass is 10.2. The average Bonchev–Trinajstić information content (AvgIpc) is 3.23. The second-order valence-electron chi connectivity index (χ2n) is 7.20. The molecule has 168 valence electrons. The van der Waals surface area contributed by atoms with Crippen molar-refractivity contribution < 1.29 is 13.2 Å². The normalized spacial score (nSPS) is 15.0. The topological polar surface area (TPSA) is 90.2 Å². The Balaban J connectivity index is 1.56. The molecular formula is C22H25N5O3S2. The third kappa shape index (κ3) is 5.09. The number of ether oxygens (including phenoxy) is 1. The van der Waals surface area contributed by atoms with E-state index in [2.05, 4.69) is 21.8 Å². The van der Waals surface area contributed by atoms with Crippen LogP contribution in [0.1, 0.15) is 5.56 Å². The Kier molecular flexibility index (Phi) is 7.36. The standard InChI is InChI=1S/C22H25N5O3S2/c1-2-11-27-21(24-25-22(27)31-16-8-18-6-9-23-10-7-18)19-4-3-5-20(17-19)32(28,29)26-12-14-30-15-13-26/h2-7,9-10,17H,1,8,11-16H2. The minimum atomic E-state index is -3.59. The number of benzene rings is 1. The van der Waals surface area contributed by atoms with E-state index < -0.39 is 10.0 Å². The fourth-order valence-electron chi connectivity index (χ4n) is 3.44. The summed E-state index contributed by atoms with van der Waals surface area (Å²) in [7, 11) is -3.59. The summed E-state index contributed by atoms with van der Waals surface area (Å²) in [5.41, 5.74) is 1.91. The molecule has 32 heavy (non-hydrogen) atoms. The second kappa shape index (κ2) is 10.4. The van der Waals surface area contributed by atoms with Crippen molar-refractivity contribution in [2.45, 2.75) is 23.0 Å². The van der Waals surface area contributed by atoms with E-state index in [0.717, 1.165) is 17.3 Å². The van der Waals surface area contributed by atoms with Crippen molar-refractivity contribution in [2.24, 2.45) is 0 Å². The van der Waals surface area contributed by atoms with Crippen molar-refractivity contribution in [3.63, 3.8) is 0 Å². The molecule has 4 rings (SSSR count). The fourth-order valence-corrected chi connectivity index (χ4v) is 5.83. The van der Waals surface area contributed by atoms with Crippen molar-refractivity contribution in [2.75, 3.05) is 32.1 Å². The fraction of sp³-hybridized carbons (Fsp3) is 0.318. The number of thioether (sulfide) groups is 1. The molecule has 10 heteroatoms. The van der Waals surface area contributed by atoms with Gasteiger partial charge in [-0.15, -0.1) is 16.8 Å². The first-order valence-electron chi connectivity index (χ1n) is 10.3. The Morgan fingerprint density at radius 3 is 2.66 bits per heavy atom. The van der Waals surface area contributed by atoms with Gasteiger partial charge in [-0.25, -0.2) is 8.42 Å². The maximum atomic E-state index is 13.1. The SMILES string of the molecule is C=CCn1c(SCCc2ccncc2)nnc1-c1cccc(S(=O)(=O)N2CCOCC2)c1. The Morgan fingerprint density at radius 2 is 1.91 bits per heavy atom. The van der Waals surface area contributed by atoms with Crippen LogP contribution in [0, 0.1) is 0 Å². The Labute approximate surface area is 192 Å². The quantitative estimate of drug-likeness (QED) is 0.350. The minimum absolute atomic E-state index is 0.247. The molecule has 1 aliphatic heterocycles. The zero-order valence-electron chi connectivity index (χ0n) is 17.6. The molecule has 3 heterocycles. The summed E-state index contributed by atoms with van der Waals surface area (Å²) in [6.07, 6.45) is 6.25.